The van der Waals surface area contributed by atoms with Gasteiger partial charge in [-0.1, -0.05) is 13.8 Å². The molecule has 0 aliphatic heterocycles. The molecule has 0 saturated heterocycles. The van der Waals surface area contributed by atoms with E-state index in [0.29, 0.717) is 11.8 Å². The highest BCUT2D eigenvalue weighted by Crippen LogP contribution is 2.44. The van der Waals surface area contributed by atoms with Crippen molar-refractivity contribution in [2.24, 2.45) is 23.7 Å². The zero-order valence-corrected chi connectivity index (χ0v) is 8.16. The predicted octanol–water partition coefficient (Wildman–Crippen LogP) is 2.44. The summed E-state index contributed by atoms with van der Waals surface area (Å²) in [5.74, 6) is 2.97. The van der Waals surface area contributed by atoms with E-state index in [1.807, 2.05) is 0 Å². The smallest absolute Gasteiger partial charge is 0.0594 e. The number of rotatable bonds is 0. The summed E-state index contributed by atoms with van der Waals surface area (Å²) < 4.78 is 0. The van der Waals surface area contributed by atoms with Crippen LogP contribution in [0, 0.1) is 23.7 Å². The van der Waals surface area contributed by atoms with Crippen LogP contribution in [0.25, 0.3) is 0 Å². The van der Waals surface area contributed by atoms with E-state index in [-0.39, 0.29) is 6.10 Å². The number of aliphatic hydroxyl groups is 1. The Morgan fingerprint density at radius 3 is 2.50 bits per heavy atom. The Labute approximate surface area is 75.2 Å². The van der Waals surface area contributed by atoms with Crippen molar-refractivity contribution >= 4 is 0 Å². The molecule has 0 aromatic carbocycles. The molecule has 1 nitrogen and oxygen atoms in total. The summed E-state index contributed by atoms with van der Waals surface area (Å²) in [7, 11) is 0. The van der Waals surface area contributed by atoms with Gasteiger partial charge in [0, 0.05) is 0 Å². The second kappa shape index (κ2) is 3.02. The van der Waals surface area contributed by atoms with Crippen LogP contribution in [0.1, 0.15) is 39.5 Å². The molecule has 1 N–H and O–H groups in total. The molecule has 12 heavy (non-hydrogen) atoms. The summed E-state index contributed by atoms with van der Waals surface area (Å²) in [5.41, 5.74) is 0. The molecule has 2 aliphatic rings. The lowest BCUT2D eigenvalue weighted by Crippen LogP contribution is -2.40. The van der Waals surface area contributed by atoms with Gasteiger partial charge in [-0.25, -0.2) is 0 Å². The van der Waals surface area contributed by atoms with Crippen molar-refractivity contribution in [1.82, 2.24) is 0 Å². The minimum Gasteiger partial charge on any atom is -0.393 e. The second-order valence-electron chi connectivity index (χ2n) is 5.14. The third-order valence-corrected chi connectivity index (χ3v) is 3.85. The standard InChI is InChI=1S/C11H20O/c1-7-3-9-5-8(2)11(12)10(4-7)6-9/h7-12H,3-6H2,1-2H3. The van der Waals surface area contributed by atoms with Gasteiger partial charge in [0.1, 0.15) is 0 Å². The molecular weight excluding hydrogens is 148 g/mol. The average molecular weight is 168 g/mol. The largest absolute Gasteiger partial charge is 0.393 e. The molecule has 0 aromatic rings. The summed E-state index contributed by atoms with van der Waals surface area (Å²) in [6.45, 7) is 4.54. The Balaban J connectivity index is 2.07. The minimum atomic E-state index is 0.00370. The first-order valence-electron chi connectivity index (χ1n) is 5.35. The SMILES string of the molecule is CC1CC2CC(C)C(O)C(C1)C2. The van der Waals surface area contributed by atoms with Crippen LogP contribution in [0.5, 0.6) is 0 Å². The first kappa shape index (κ1) is 8.55. The Kier molecular flexibility index (Phi) is 2.16. The molecule has 2 bridgehead atoms. The van der Waals surface area contributed by atoms with Crippen LogP contribution in [-0.4, -0.2) is 11.2 Å². The van der Waals surface area contributed by atoms with Crippen LogP contribution in [0.4, 0.5) is 0 Å². The number of hydrogen-bond donors (Lipinski definition) is 1. The Morgan fingerprint density at radius 1 is 1.00 bits per heavy atom. The molecule has 0 radical (unpaired) electrons. The summed E-state index contributed by atoms with van der Waals surface area (Å²) >= 11 is 0. The maximum atomic E-state index is 9.91. The van der Waals surface area contributed by atoms with Crippen LogP contribution >= 0.6 is 0 Å². The lowest BCUT2D eigenvalue weighted by atomic mass is 9.64. The molecule has 5 unspecified atom stereocenters. The molecule has 70 valence electrons. The van der Waals surface area contributed by atoms with Gasteiger partial charge >= 0.3 is 0 Å². The summed E-state index contributed by atoms with van der Waals surface area (Å²) in [4.78, 5) is 0. The first-order chi connectivity index (χ1) is 5.66. The van der Waals surface area contributed by atoms with Crippen molar-refractivity contribution < 1.29 is 5.11 Å². The fourth-order valence-corrected chi connectivity index (χ4v) is 3.40. The Morgan fingerprint density at radius 2 is 1.75 bits per heavy atom. The topological polar surface area (TPSA) is 20.2 Å². The van der Waals surface area contributed by atoms with Crippen molar-refractivity contribution in [2.75, 3.05) is 0 Å². The molecule has 1 heteroatoms. The van der Waals surface area contributed by atoms with Crippen LogP contribution in [0.2, 0.25) is 0 Å². The molecule has 2 aliphatic carbocycles. The highest BCUT2D eigenvalue weighted by molar-refractivity contribution is 4.89. The van der Waals surface area contributed by atoms with Gasteiger partial charge in [0.05, 0.1) is 6.10 Å². The summed E-state index contributed by atoms with van der Waals surface area (Å²) in [5, 5.41) is 9.91. The van der Waals surface area contributed by atoms with Gasteiger partial charge in [-0.2, -0.15) is 0 Å². The quantitative estimate of drug-likeness (QED) is 0.589. The lowest BCUT2D eigenvalue weighted by Gasteiger charge is -2.44. The maximum absolute atomic E-state index is 9.91. The average Bonchev–Trinajstić information content (AvgIpc) is 1.99. The fraction of sp³-hybridized carbons (Fsp3) is 1.00. The maximum Gasteiger partial charge on any atom is 0.0594 e. The second-order valence-corrected chi connectivity index (χ2v) is 5.14. The lowest BCUT2D eigenvalue weighted by molar-refractivity contribution is -0.0317. The molecule has 0 heterocycles. The van der Waals surface area contributed by atoms with E-state index in [1.165, 1.54) is 25.7 Å². The van der Waals surface area contributed by atoms with Gasteiger partial charge in [-0.15, -0.1) is 0 Å². The van der Waals surface area contributed by atoms with Crippen molar-refractivity contribution in [3.05, 3.63) is 0 Å². The van der Waals surface area contributed by atoms with Crippen LogP contribution < -0.4 is 0 Å². The number of hydrogen-bond acceptors (Lipinski definition) is 1. The van der Waals surface area contributed by atoms with Gasteiger partial charge in [0.2, 0.25) is 0 Å². The molecule has 0 spiro atoms. The third kappa shape index (κ3) is 1.39. The fourth-order valence-electron chi connectivity index (χ4n) is 3.40. The monoisotopic (exact) mass is 168 g/mol. The van der Waals surface area contributed by atoms with Crippen molar-refractivity contribution in [2.45, 2.75) is 45.6 Å². The van der Waals surface area contributed by atoms with Crippen LogP contribution in [0.15, 0.2) is 0 Å². The first-order valence-corrected chi connectivity index (χ1v) is 5.35. The number of fused-ring (bicyclic) bond motifs is 2. The van der Waals surface area contributed by atoms with Gasteiger partial charge in [0.25, 0.3) is 0 Å². The van der Waals surface area contributed by atoms with E-state index in [4.69, 9.17) is 0 Å². The van der Waals surface area contributed by atoms with Crippen molar-refractivity contribution in [1.29, 1.82) is 0 Å². The Hall–Kier alpha value is -0.0400. The molecule has 0 amide bonds. The van der Waals surface area contributed by atoms with Gasteiger partial charge in [0.15, 0.2) is 0 Å². The highest BCUT2D eigenvalue weighted by atomic mass is 16.3. The summed E-state index contributed by atoms with van der Waals surface area (Å²) in [6, 6.07) is 0. The van der Waals surface area contributed by atoms with E-state index in [9.17, 15) is 5.11 Å². The van der Waals surface area contributed by atoms with Gasteiger partial charge < -0.3 is 5.11 Å². The van der Waals surface area contributed by atoms with Gasteiger partial charge in [-0.05, 0) is 49.4 Å². The molecule has 0 aromatic heterocycles. The van der Waals surface area contributed by atoms with Crippen molar-refractivity contribution in [3.8, 4) is 0 Å². The molecule has 2 rings (SSSR count). The third-order valence-electron chi connectivity index (χ3n) is 3.85. The van der Waals surface area contributed by atoms with Crippen LogP contribution in [-0.2, 0) is 0 Å². The molecule has 2 saturated carbocycles. The summed E-state index contributed by atoms with van der Waals surface area (Å²) in [6.07, 6.45) is 5.25. The Bertz CT molecular complexity index is 162. The van der Waals surface area contributed by atoms with Crippen molar-refractivity contribution in [3.63, 3.8) is 0 Å². The molecule has 5 atom stereocenters. The van der Waals surface area contributed by atoms with Crippen LogP contribution in [0.3, 0.4) is 0 Å². The zero-order valence-electron chi connectivity index (χ0n) is 8.16. The normalized spacial score (nSPS) is 53.8. The molecule has 2 fully saturated rings. The highest BCUT2D eigenvalue weighted by Gasteiger charge is 2.38. The van der Waals surface area contributed by atoms with E-state index in [2.05, 4.69) is 13.8 Å². The van der Waals surface area contributed by atoms with E-state index in [0.717, 1.165) is 11.8 Å². The minimum absolute atomic E-state index is 0.00370. The number of aliphatic hydroxyl groups excluding tert-OH is 1. The van der Waals surface area contributed by atoms with Gasteiger partial charge in [-0.3, -0.25) is 0 Å². The molecular formula is C11H20O. The van der Waals surface area contributed by atoms with E-state index < -0.39 is 0 Å². The zero-order chi connectivity index (χ0) is 8.72. The van der Waals surface area contributed by atoms with E-state index in [1.54, 1.807) is 0 Å². The predicted molar refractivity (Wildman–Crippen MR) is 49.8 cm³/mol. The van der Waals surface area contributed by atoms with E-state index >= 15 is 0 Å².